The molecule has 10 heteroatoms. The van der Waals surface area contributed by atoms with Crippen LogP contribution in [0.1, 0.15) is 28.1 Å². The van der Waals surface area contributed by atoms with E-state index >= 15 is 0 Å². The number of benzene rings is 4. The Kier molecular flexibility index (Phi) is 9.25. The molecule has 0 saturated carbocycles. The molecule has 1 heterocycles. The number of aromatic nitrogens is 1. The van der Waals surface area contributed by atoms with E-state index in [0.717, 1.165) is 26.4 Å². The zero-order valence-electron chi connectivity index (χ0n) is 23.2. The van der Waals surface area contributed by atoms with Gasteiger partial charge in [-0.25, -0.2) is 4.98 Å². The molecule has 4 aromatic carbocycles. The van der Waals surface area contributed by atoms with Crippen LogP contribution in [0.3, 0.4) is 0 Å². The van der Waals surface area contributed by atoms with E-state index in [1.54, 1.807) is 24.3 Å². The quantitative estimate of drug-likeness (QED) is 0.152. The van der Waals surface area contributed by atoms with Gasteiger partial charge >= 0.3 is 0 Å². The number of carbonyl (C=O) groups is 2. The van der Waals surface area contributed by atoms with Gasteiger partial charge in [0.05, 0.1) is 31.0 Å². The first-order valence-corrected chi connectivity index (χ1v) is 14.9. The lowest BCUT2D eigenvalue weighted by atomic mass is 10.1. The third-order valence-corrected chi connectivity index (χ3v) is 8.42. The maximum absolute atomic E-state index is 13.7. The van der Waals surface area contributed by atoms with Crippen molar-refractivity contribution in [1.82, 2.24) is 4.98 Å². The number of carbonyl (C=O) groups excluding carboxylic acids is 2. The van der Waals surface area contributed by atoms with Gasteiger partial charge in [-0.3, -0.25) is 9.59 Å². The summed E-state index contributed by atoms with van der Waals surface area (Å²) in [7, 11) is 3.01. The number of fused-ring (bicyclic) bond motifs is 1. The van der Waals surface area contributed by atoms with Crippen LogP contribution in [0.5, 0.6) is 17.2 Å². The number of hydrogen-bond acceptors (Lipinski definition) is 8. The second-order valence-electron chi connectivity index (χ2n) is 9.00. The van der Waals surface area contributed by atoms with Crippen LogP contribution < -0.4 is 24.8 Å². The zero-order valence-corrected chi connectivity index (χ0v) is 24.9. The molecular formula is C32H29N3O5S2. The van der Waals surface area contributed by atoms with Crippen molar-refractivity contribution in [1.29, 1.82) is 0 Å². The smallest absolute Gasteiger partial charge is 0.263 e. The van der Waals surface area contributed by atoms with E-state index in [2.05, 4.69) is 15.6 Å². The topological polar surface area (TPSA) is 98.8 Å². The second kappa shape index (κ2) is 13.4. The Bertz CT molecular complexity index is 1690. The normalized spacial score (nSPS) is 11.5. The molecule has 0 fully saturated rings. The summed E-state index contributed by atoms with van der Waals surface area (Å²) >= 11 is 2.78. The Morgan fingerprint density at radius 3 is 2.33 bits per heavy atom. The number of amides is 2. The molecule has 5 aromatic rings. The fourth-order valence-corrected chi connectivity index (χ4v) is 6.32. The Hall–Kier alpha value is -4.54. The van der Waals surface area contributed by atoms with Crippen molar-refractivity contribution in [3.05, 3.63) is 102 Å². The molecule has 0 aliphatic heterocycles. The van der Waals surface area contributed by atoms with Gasteiger partial charge in [-0.1, -0.05) is 53.8 Å². The van der Waals surface area contributed by atoms with E-state index in [-0.39, 0.29) is 11.8 Å². The van der Waals surface area contributed by atoms with Gasteiger partial charge in [-0.2, -0.15) is 0 Å². The summed E-state index contributed by atoms with van der Waals surface area (Å²) in [5.41, 5.74) is 2.50. The number of nitrogens with one attached hydrogen (secondary N) is 2. The van der Waals surface area contributed by atoms with E-state index in [1.165, 1.54) is 37.3 Å². The number of rotatable bonds is 11. The highest BCUT2D eigenvalue weighted by Gasteiger charge is 2.24. The summed E-state index contributed by atoms with van der Waals surface area (Å²) in [6.07, 6.45) is 0. The summed E-state index contributed by atoms with van der Waals surface area (Å²) < 4.78 is 17.3. The molecular weight excluding hydrogens is 571 g/mol. The first-order valence-electron chi connectivity index (χ1n) is 13.2. The first-order chi connectivity index (χ1) is 20.5. The second-order valence-corrected chi connectivity index (χ2v) is 11.2. The van der Waals surface area contributed by atoms with Gasteiger partial charge in [0.2, 0.25) is 5.91 Å². The van der Waals surface area contributed by atoms with Crippen molar-refractivity contribution in [3.63, 3.8) is 0 Å². The van der Waals surface area contributed by atoms with Crippen molar-refractivity contribution in [2.24, 2.45) is 0 Å². The lowest BCUT2D eigenvalue weighted by Crippen LogP contribution is -2.19. The fourth-order valence-electron chi connectivity index (χ4n) is 4.34. The number of hydrogen-bond donors (Lipinski definition) is 2. The van der Waals surface area contributed by atoms with Crippen LogP contribution in [0.2, 0.25) is 0 Å². The van der Waals surface area contributed by atoms with E-state index in [9.17, 15) is 9.59 Å². The Labute approximate surface area is 252 Å². The summed E-state index contributed by atoms with van der Waals surface area (Å²) in [5.74, 6) is 1.00. The average molecular weight is 600 g/mol. The van der Waals surface area contributed by atoms with Crippen LogP contribution in [0.25, 0.3) is 10.2 Å². The van der Waals surface area contributed by atoms with Crippen molar-refractivity contribution in [2.45, 2.75) is 17.1 Å². The molecule has 1 unspecified atom stereocenters. The Morgan fingerprint density at radius 1 is 0.881 bits per heavy atom. The predicted molar refractivity (Wildman–Crippen MR) is 168 cm³/mol. The third-order valence-electron chi connectivity index (χ3n) is 6.24. The van der Waals surface area contributed by atoms with Crippen molar-refractivity contribution >= 4 is 55.9 Å². The van der Waals surface area contributed by atoms with Gasteiger partial charge in [0, 0.05) is 10.6 Å². The molecule has 2 N–H and O–H groups in total. The number of anilines is 2. The van der Waals surface area contributed by atoms with Gasteiger partial charge in [0.15, 0.2) is 5.13 Å². The molecule has 1 atom stereocenters. The molecule has 42 heavy (non-hydrogen) atoms. The number of nitrogens with zero attached hydrogens (tertiary/aromatic N) is 1. The summed E-state index contributed by atoms with van der Waals surface area (Å²) in [6, 6.07) is 27.8. The highest BCUT2D eigenvalue weighted by molar-refractivity contribution is 8.00. The standard InChI is InChI=1S/C32H29N3O5S2/c1-4-40-22-16-17-24-27(19-22)42-32(34-24)35-31(37)29(20-10-6-5-7-11-20)41-23-13-8-12-21(18-23)33-30(36)28-25(38-2)14-9-15-26(28)39-3/h5-19,29H,4H2,1-3H3,(H,33,36)(H,34,35,37). The number of ether oxygens (including phenoxy) is 3. The molecule has 5 rings (SSSR count). The SMILES string of the molecule is CCOc1ccc2nc(NC(=O)C(Sc3cccc(NC(=O)c4c(OC)cccc4OC)c3)c3ccccc3)sc2c1. The minimum absolute atomic E-state index is 0.205. The van der Waals surface area contributed by atoms with Gasteiger partial charge in [-0.15, -0.1) is 11.8 Å². The lowest BCUT2D eigenvalue weighted by Gasteiger charge is -2.17. The van der Waals surface area contributed by atoms with Crippen LogP contribution in [0.4, 0.5) is 10.8 Å². The van der Waals surface area contributed by atoms with Crippen LogP contribution in [0.15, 0.2) is 95.9 Å². The molecule has 0 aliphatic rings. The predicted octanol–water partition coefficient (Wildman–Crippen LogP) is 7.44. The molecule has 0 spiro atoms. The van der Waals surface area contributed by atoms with Crippen LogP contribution in [-0.4, -0.2) is 37.6 Å². The van der Waals surface area contributed by atoms with Crippen LogP contribution >= 0.6 is 23.1 Å². The molecule has 0 radical (unpaired) electrons. The highest BCUT2D eigenvalue weighted by Crippen LogP contribution is 2.38. The van der Waals surface area contributed by atoms with E-state index < -0.39 is 5.25 Å². The van der Waals surface area contributed by atoms with Crippen LogP contribution in [-0.2, 0) is 4.79 Å². The molecule has 0 saturated heterocycles. The Balaban J connectivity index is 1.37. The maximum atomic E-state index is 13.7. The van der Waals surface area contributed by atoms with Crippen LogP contribution in [0, 0.1) is 0 Å². The minimum atomic E-state index is -0.572. The van der Waals surface area contributed by atoms with Crippen molar-refractivity contribution < 1.29 is 23.8 Å². The number of thioether (sulfide) groups is 1. The summed E-state index contributed by atoms with van der Waals surface area (Å²) in [4.78, 5) is 32.3. The maximum Gasteiger partial charge on any atom is 0.263 e. The van der Waals surface area contributed by atoms with Crippen molar-refractivity contribution in [3.8, 4) is 17.2 Å². The van der Waals surface area contributed by atoms with E-state index in [1.807, 2.05) is 73.7 Å². The average Bonchev–Trinajstić information content (AvgIpc) is 3.41. The number of thiazole rings is 1. The van der Waals surface area contributed by atoms with Gasteiger partial charge in [0.1, 0.15) is 28.1 Å². The van der Waals surface area contributed by atoms with Gasteiger partial charge in [-0.05, 0) is 61.0 Å². The minimum Gasteiger partial charge on any atom is -0.496 e. The molecule has 0 bridgehead atoms. The van der Waals surface area contributed by atoms with E-state index in [0.29, 0.717) is 34.5 Å². The van der Waals surface area contributed by atoms with Gasteiger partial charge < -0.3 is 24.8 Å². The lowest BCUT2D eigenvalue weighted by molar-refractivity contribution is -0.115. The first kappa shape index (κ1) is 29.0. The molecule has 8 nitrogen and oxygen atoms in total. The monoisotopic (exact) mass is 599 g/mol. The van der Waals surface area contributed by atoms with Gasteiger partial charge in [0.25, 0.3) is 5.91 Å². The molecule has 1 aromatic heterocycles. The highest BCUT2D eigenvalue weighted by atomic mass is 32.2. The van der Waals surface area contributed by atoms with Crippen molar-refractivity contribution in [2.75, 3.05) is 31.5 Å². The summed E-state index contributed by atoms with van der Waals surface area (Å²) in [5, 5.41) is 5.87. The zero-order chi connectivity index (χ0) is 29.5. The fraction of sp³-hybridized carbons (Fsp3) is 0.156. The number of methoxy groups -OCH3 is 2. The Morgan fingerprint density at radius 2 is 1.62 bits per heavy atom. The largest absolute Gasteiger partial charge is 0.496 e. The third kappa shape index (κ3) is 6.67. The molecule has 214 valence electrons. The van der Waals surface area contributed by atoms with E-state index in [4.69, 9.17) is 14.2 Å². The summed E-state index contributed by atoms with van der Waals surface area (Å²) in [6.45, 7) is 2.51. The molecule has 0 aliphatic carbocycles. The molecule has 2 amide bonds.